The van der Waals surface area contributed by atoms with Crippen molar-refractivity contribution in [1.82, 2.24) is 5.06 Å². The summed E-state index contributed by atoms with van der Waals surface area (Å²) in [6, 6.07) is 4.41. The van der Waals surface area contributed by atoms with Crippen LogP contribution >= 0.6 is 0 Å². The van der Waals surface area contributed by atoms with Crippen molar-refractivity contribution in [3.8, 4) is 5.75 Å². The lowest BCUT2D eigenvalue weighted by molar-refractivity contribution is -0.188. The van der Waals surface area contributed by atoms with Gasteiger partial charge in [-0.15, -0.1) is 0 Å². The molecule has 0 bridgehead atoms. The summed E-state index contributed by atoms with van der Waals surface area (Å²) in [6.07, 6.45) is 0. The molecular weight excluding hydrogens is 282 g/mol. The average molecular weight is 297 g/mol. The zero-order valence-corrected chi connectivity index (χ0v) is 11.5. The number of methoxy groups -OCH3 is 1. The van der Waals surface area contributed by atoms with Gasteiger partial charge in [0.2, 0.25) is 0 Å². The Balaban J connectivity index is 3.01. The number of carboxylic acids is 1. The van der Waals surface area contributed by atoms with Gasteiger partial charge in [0.25, 0.3) is 5.91 Å². The van der Waals surface area contributed by atoms with Crippen molar-refractivity contribution in [2.24, 2.45) is 0 Å². The van der Waals surface area contributed by atoms with E-state index in [9.17, 15) is 14.4 Å². The van der Waals surface area contributed by atoms with Crippen LogP contribution in [-0.2, 0) is 14.4 Å². The number of rotatable bonds is 5. The van der Waals surface area contributed by atoms with Gasteiger partial charge in [0.05, 0.1) is 13.7 Å². The lowest BCUT2D eigenvalue weighted by Crippen LogP contribution is -2.47. The number of ether oxygens (including phenoxy) is 1. The maximum absolute atomic E-state index is 12.0. The van der Waals surface area contributed by atoms with E-state index in [2.05, 4.69) is 0 Å². The Morgan fingerprint density at radius 1 is 1.29 bits per heavy atom. The number of nitrogens with zero attached hydrogens (tertiary/aromatic N) is 1. The number of hydrogen-bond acceptors (Lipinski definition) is 6. The molecule has 1 aromatic rings. The number of amides is 1. The molecule has 8 heteroatoms. The predicted molar refractivity (Wildman–Crippen MR) is 69.4 cm³/mol. The van der Waals surface area contributed by atoms with Crippen LogP contribution in [0.1, 0.15) is 17.3 Å². The van der Waals surface area contributed by atoms with E-state index in [4.69, 9.17) is 19.8 Å². The summed E-state index contributed by atoms with van der Waals surface area (Å²) >= 11 is 0. The molecular formula is C13H15NO7. The third kappa shape index (κ3) is 3.93. The summed E-state index contributed by atoms with van der Waals surface area (Å²) in [5, 5.41) is 18.2. The minimum absolute atomic E-state index is 0.0216. The molecule has 0 aliphatic rings. The third-order valence-electron chi connectivity index (χ3n) is 2.56. The first-order valence-corrected chi connectivity index (χ1v) is 5.91. The molecule has 0 saturated carbocycles. The summed E-state index contributed by atoms with van der Waals surface area (Å²) in [7, 11) is 1.35. The van der Waals surface area contributed by atoms with Crippen molar-refractivity contribution in [2.75, 3.05) is 13.7 Å². The monoisotopic (exact) mass is 297 g/mol. The number of carbonyl (C=O) groups is 3. The van der Waals surface area contributed by atoms with Gasteiger partial charge in [-0.3, -0.25) is 4.79 Å². The van der Waals surface area contributed by atoms with Crippen LogP contribution in [-0.4, -0.2) is 52.9 Å². The standard InChI is InChI=1S/C13H15NO7/c1-8(16)14(10(7-15)12(17)18)21-13(19)9-5-3-4-6-11(9)20-2/h3-6,10,15H,7H2,1-2H3,(H,17,18)/t10-/m0/s1. The largest absolute Gasteiger partial charge is 0.496 e. The molecule has 8 nitrogen and oxygen atoms in total. The van der Waals surface area contributed by atoms with E-state index in [0.29, 0.717) is 5.06 Å². The van der Waals surface area contributed by atoms with Crippen LogP contribution in [0, 0.1) is 0 Å². The lowest BCUT2D eigenvalue weighted by atomic mass is 10.2. The van der Waals surface area contributed by atoms with Gasteiger partial charge in [-0.2, -0.15) is 5.06 Å². The first-order valence-electron chi connectivity index (χ1n) is 5.91. The second-order valence-electron chi connectivity index (χ2n) is 3.96. The smallest absolute Gasteiger partial charge is 0.367 e. The zero-order valence-electron chi connectivity index (χ0n) is 11.5. The van der Waals surface area contributed by atoms with Crippen LogP contribution in [0.15, 0.2) is 24.3 Å². The van der Waals surface area contributed by atoms with Gasteiger partial charge in [-0.25, -0.2) is 9.59 Å². The first-order chi connectivity index (χ1) is 9.92. The van der Waals surface area contributed by atoms with Gasteiger partial charge in [0.15, 0.2) is 6.04 Å². The summed E-state index contributed by atoms with van der Waals surface area (Å²) < 4.78 is 4.97. The highest BCUT2D eigenvalue weighted by Crippen LogP contribution is 2.19. The number of hydrogen-bond donors (Lipinski definition) is 2. The summed E-state index contributed by atoms with van der Waals surface area (Å²) in [5.74, 6) is -3.09. The van der Waals surface area contributed by atoms with Crippen LogP contribution < -0.4 is 4.74 Å². The molecule has 0 aliphatic heterocycles. The zero-order chi connectivity index (χ0) is 16.0. The molecule has 0 spiro atoms. The van der Waals surface area contributed by atoms with Gasteiger partial charge < -0.3 is 19.8 Å². The molecule has 0 fully saturated rings. The summed E-state index contributed by atoms with van der Waals surface area (Å²) in [4.78, 5) is 39.2. The van der Waals surface area contributed by atoms with Crippen molar-refractivity contribution in [3.63, 3.8) is 0 Å². The van der Waals surface area contributed by atoms with E-state index in [1.165, 1.54) is 19.2 Å². The second-order valence-corrected chi connectivity index (χ2v) is 3.96. The maximum Gasteiger partial charge on any atom is 0.367 e. The Kier molecular flexibility index (Phi) is 5.67. The Hall–Kier alpha value is -2.61. The Morgan fingerprint density at radius 2 is 1.90 bits per heavy atom. The highest BCUT2D eigenvalue weighted by atomic mass is 16.7. The van der Waals surface area contributed by atoms with Crippen LogP contribution in [0.4, 0.5) is 0 Å². The number of aliphatic carboxylic acids is 1. The number of aliphatic hydroxyl groups excluding tert-OH is 1. The Morgan fingerprint density at radius 3 is 2.38 bits per heavy atom. The molecule has 114 valence electrons. The summed E-state index contributed by atoms with van der Waals surface area (Å²) in [5.41, 5.74) is 0.0216. The molecule has 21 heavy (non-hydrogen) atoms. The molecule has 1 rings (SSSR count). The van der Waals surface area contributed by atoms with E-state index in [1.807, 2.05) is 0 Å². The van der Waals surface area contributed by atoms with Crippen LogP contribution in [0.2, 0.25) is 0 Å². The number of carbonyl (C=O) groups excluding carboxylic acids is 2. The van der Waals surface area contributed by atoms with E-state index < -0.39 is 30.5 Å². The number of carboxylic acid groups (broad SMARTS) is 1. The number of aliphatic hydroxyl groups is 1. The molecule has 1 aromatic carbocycles. The lowest BCUT2D eigenvalue weighted by Gasteiger charge is -2.24. The molecule has 0 aliphatic carbocycles. The van der Waals surface area contributed by atoms with Gasteiger partial charge >= 0.3 is 11.9 Å². The second kappa shape index (κ2) is 7.25. The topological polar surface area (TPSA) is 113 Å². The molecule has 1 amide bonds. The fraction of sp³-hybridized carbons (Fsp3) is 0.308. The number of para-hydroxylation sites is 1. The van der Waals surface area contributed by atoms with E-state index in [1.54, 1.807) is 12.1 Å². The predicted octanol–water partition coefficient (Wildman–Crippen LogP) is 0.0610. The molecule has 0 aromatic heterocycles. The summed E-state index contributed by atoms with van der Waals surface area (Å²) in [6.45, 7) is 0.120. The minimum atomic E-state index is -1.68. The van der Waals surface area contributed by atoms with Crippen LogP contribution in [0.25, 0.3) is 0 Å². The van der Waals surface area contributed by atoms with Crippen LogP contribution in [0.5, 0.6) is 5.75 Å². The molecule has 2 N–H and O–H groups in total. The van der Waals surface area contributed by atoms with Crippen molar-refractivity contribution < 1.29 is 34.2 Å². The van der Waals surface area contributed by atoms with Gasteiger partial charge in [-0.05, 0) is 12.1 Å². The van der Waals surface area contributed by atoms with E-state index >= 15 is 0 Å². The van der Waals surface area contributed by atoms with Gasteiger partial charge in [0, 0.05) is 6.92 Å². The molecule has 0 unspecified atom stereocenters. The van der Waals surface area contributed by atoms with Gasteiger partial charge in [-0.1, -0.05) is 12.1 Å². The van der Waals surface area contributed by atoms with E-state index in [0.717, 1.165) is 6.92 Å². The Bertz CT molecular complexity index is 543. The fourth-order valence-electron chi connectivity index (χ4n) is 1.55. The quantitative estimate of drug-likeness (QED) is 0.739. The average Bonchev–Trinajstić information content (AvgIpc) is 2.46. The SMILES string of the molecule is COc1ccccc1C(=O)ON(C(C)=O)[C@@H](CO)C(=O)O. The Labute approximate surface area is 120 Å². The highest BCUT2D eigenvalue weighted by molar-refractivity contribution is 5.93. The molecule has 0 radical (unpaired) electrons. The fourth-order valence-corrected chi connectivity index (χ4v) is 1.55. The van der Waals surface area contributed by atoms with Gasteiger partial charge in [0.1, 0.15) is 11.3 Å². The minimum Gasteiger partial charge on any atom is -0.496 e. The van der Waals surface area contributed by atoms with Crippen molar-refractivity contribution >= 4 is 17.8 Å². The normalized spacial score (nSPS) is 11.4. The van der Waals surface area contributed by atoms with Crippen LogP contribution in [0.3, 0.4) is 0 Å². The van der Waals surface area contributed by atoms with E-state index in [-0.39, 0.29) is 11.3 Å². The first kappa shape index (κ1) is 16.4. The number of benzene rings is 1. The van der Waals surface area contributed by atoms with Crippen molar-refractivity contribution in [3.05, 3.63) is 29.8 Å². The van der Waals surface area contributed by atoms with Crippen molar-refractivity contribution in [1.29, 1.82) is 0 Å². The highest BCUT2D eigenvalue weighted by Gasteiger charge is 2.31. The number of hydroxylamine groups is 2. The third-order valence-corrected chi connectivity index (χ3v) is 2.56. The molecule has 0 saturated heterocycles. The molecule has 1 atom stereocenters. The van der Waals surface area contributed by atoms with Crippen molar-refractivity contribution in [2.45, 2.75) is 13.0 Å². The molecule has 0 heterocycles. The maximum atomic E-state index is 12.0.